The second kappa shape index (κ2) is 11.8. The van der Waals surface area contributed by atoms with Crippen molar-refractivity contribution in [3.8, 4) is 11.5 Å². The molecular formula is C18H29IN4O3. The van der Waals surface area contributed by atoms with Gasteiger partial charge in [-0.1, -0.05) is 6.07 Å². The zero-order valence-corrected chi connectivity index (χ0v) is 17.9. The van der Waals surface area contributed by atoms with Crippen molar-refractivity contribution >= 4 is 35.8 Å². The minimum atomic E-state index is -0.0729. The van der Waals surface area contributed by atoms with E-state index < -0.39 is 0 Å². The van der Waals surface area contributed by atoms with Gasteiger partial charge < -0.3 is 25.4 Å². The minimum absolute atomic E-state index is 0. The van der Waals surface area contributed by atoms with Crippen molar-refractivity contribution in [2.75, 3.05) is 26.7 Å². The second-order valence-corrected chi connectivity index (χ2v) is 6.03. The molecule has 26 heavy (non-hydrogen) atoms. The zero-order chi connectivity index (χ0) is 18.1. The number of nitrogens with one attached hydrogen (secondary N) is 3. The van der Waals surface area contributed by atoms with E-state index in [4.69, 9.17) is 9.47 Å². The van der Waals surface area contributed by atoms with Crippen LogP contribution in [0.5, 0.6) is 11.5 Å². The molecule has 1 aromatic rings. The lowest BCUT2D eigenvalue weighted by atomic mass is 10.3. The second-order valence-electron chi connectivity index (χ2n) is 6.03. The number of hydrogen-bond acceptors (Lipinski definition) is 4. The summed E-state index contributed by atoms with van der Waals surface area (Å²) in [6.07, 6.45) is 2.08. The van der Waals surface area contributed by atoms with Crippen LogP contribution in [0.4, 0.5) is 0 Å². The number of aliphatic imine (C=N–C) groups is 1. The summed E-state index contributed by atoms with van der Waals surface area (Å²) in [5, 5.41) is 9.25. The molecule has 1 aliphatic rings. The number of carbonyl (C=O) groups is 1. The topological polar surface area (TPSA) is 84.0 Å². The molecule has 1 saturated carbocycles. The van der Waals surface area contributed by atoms with Crippen LogP contribution in [-0.4, -0.2) is 50.8 Å². The predicted octanol–water partition coefficient (Wildman–Crippen LogP) is 1.91. The molecule has 1 unspecified atom stereocenters. The molecule has 1 aliphatic carbocycles. The highest BCUT2D eigenvalue weighted by Crippen LogP contribution is 2.20. The van der Waals surface area contributed by atoms with Gasteiger partial charge in [-0.3, -0.25) is 4.79 Å². The molecule has 0 heterocycles. The van der Waals surface area contributed by atoms with Gasteiger partial charge in [0.1, 0.15) is 24.1 Å². The number of benzene rings is 1. The lowest BCUT2D eigenvalue weighted by molar-refractivity contribution is -0.119. The molecule has 2 rings (SSSR count). The number of halogens is 1. The van der Waals surface area contributed by atoms with Gasteiger partial charge in [0.15, 0.2) is 5.96 Å². The van der Waals surface area contributed by atoms with Gasteiger partial charge in [-0.2, -0.15) is 0 Å². The van der Waals surface area contributed by atoms with Crippen LogP contribution in [0.1, 0.15) is 26.7 Å². The number of carbonyl (C=O) groups excluding carboxylic acids is 1. The first-order valence-corrected chi connectivity index (χ1v) is 8.73. The van der Waals surface area contributed by atoms with Gasteiger partial charge >= 0.3 is 0 Å². The number of ether oxygens (including phenoxy) is 2. The summed E-state index contributed by atoms with van der Waals surface area (Å²) < 4.78 is 11.1. The Morgan fingerprint density at radius 1 is 1.31 bits per heavy atom. The highest BCUT2D eigenvalue weighted by molar-refractivity contribution is 14.0. The van der Waals surface area contributed by atoms with Crippen LogP contribution in [0.3, 0.4) is 0 Å². The summed E-state index contributed by atoms with van der Waals surface area (Å²) >= 11 is 0. The fourth-order valence-electron chi connectivity index (χ4n) is 2.18. The number of rotatable bonds is 9. The Hall–Kier alpha value is -1.71. The molecule has 0 radical (unpaired) electrons. The van der Waals surface area contributed by atoms with E-state index in [1.54, 1.807) is 7.11 Å². The maximum absolute atomic E-state index is 11.7. The van der Waals surface area contributed by atoms with Gasteiger partial charge in [-0.25, -0.2) is 4.99 Å². The summed E-state index contributed by atoms with van der Waals surface area (Å²) in [5.74, 6) is 2.07. The van der Waals surface area contributed by atoms with Gasteiger partial charge in [-0.05, 0) is 38.8 Å². The molecule has 1 fully saturated rings. The van der Waals surface area contributed by atoms with Gasteiger partial charge in [0.05, 0.1) is 13.7 Å². The highest BCUT2D eigenvalue weighted by atomic mass is 127. The van der Waals surface area contributed by atoms with Crippen molar-refractivity contribution in [2.45, 2.75) is 38.8 Å². The SMILES string of the molecule is CCNC(=NCC(=O)NC1CC1)NCC(C)Oc1cccc(OC)c1.I. The van der Waals surface area contributed by atoms with E-state index in [9.17, 15) is 4.79 Å². The molecule has 0 bridgehead atoms. The van der Waals surface area contributed by atoms with Crippen molar-refractivity contribution in [3.63, 3.8) is 0 Å². The average Bonchev–Trinajstić information content (AvgIpc) is 3.41. The molecule has 146 valence electrons. The molecule has 8 heteroatoms. The summed E-state index contributed by atoms with van der Waals surface area (Å²) in [6, 6.07) is 7.85. The third-order valence-corrected chi connectivity index (χ3v) is 3.60. The highest BCUT2D eigenvalue weighted by Gasteiger charge is 2.22. The Kier molecular flexibility index (Phi) is 10.2. The maximum atomic E-state index is 11.7. The van der Waals surface area contributed by atoms with Crippen LogP contribution in [0, 0.1) is 0 Å². The summed E-state index contributed by atoms with van der Waals surface area (Å²) in [5.41, 5.74) is 0. The molecule has 1 amide bonds. The van der Waals surface area contributed by atoms with Crippen LogP contribution in [0.25, 0.3) is 0 Å². The third kappa shape index (κ3) is 8.59. The summed E-state index contributed by atoms with van der Waals surface area (Å²) in [6.45, 7) is 5.36. The monoisotopic (exact) mass is 476 g/mol. The molecule has 1 aromatic carbocycles. The molecule has 0 aliphatic heterocycles. The Morgan fingerprint density at radius 2 is 2.04 bits per heavy atom. The summed E-state index contributed by atoms with van der Waals surface area (Å²) in [7, 11) is 1.63. The van der Waals surface area contributed by atoms with Crippen LogP contribution in [-0.2, 0) is 4.79 Å². The molecule has 7 nitrogen and oxygen atoms in total. The van der Waals surface area contributed by atoms with Crippen molar-refractivity contribution in [2.24, 2.45) is 4.99 Å². The van der Waals surface area contributed by atoms with E-state index in [-0.39, 0.29) is 42.5 Å². The number of guanidine groups is 1. The Morgan fingerprint density at radius 3 is 2.69 bits per heavy atom. The quantitative estimate of drug-likeness (QED) is 0.288. The predicted molar refractivity (Wildman–Crippen MR) is 114 cm³/mol. The van der Waals surface area contributed by atoms with E-state index in [0.29, 0.717) is 18.5 Å². The molecule has 3 N–H and O–H groups in total. The maximum Gasteiger partial charge on any atom is 0.242 e. The van der Waals surface area contributed by atoms with Crippen LogP contribution in [0.15, 0.2) is 29.3 Å². The first-order chi connectivity index (χ1) is 12.1. The standard InChI is InChI=1S/C18H28N4O3.HI/c1-4-19-18(21-12-17(23)22-14-8-9-14)20-11-13(2)25-16-7-5-6-15(10-16)24-3;/h5-7,10,13-14H,4,8-9,11-12H2,1-3H3,(H,22,23)(H2,19,20,21);1H. The first kappa shape index (κ1) is 22.3. The van der Waals surface area contributed by atoms with E-state index in [2.05, 4.69) is 20.9 Å². The van der Waals surface area contributed by atoms with Crippen molar-refractivity contribution in [1.82, 2.24) is 16.0 Å². The molecular weight excluding hydrogens is 447 g/mol. The number of amides is 1. The normalized spacial score (nSPS) is 14.7. The van der Waals surface area contributed by atoms with Crippen molar-refractivity contribution in [3.05, 3.63) is 24.3 Å². The number of nitrogens with zero attached hydrogens (tertiary/aromatic N) is 1. The van der Waals surface area contributed by atoms with E-state index in [1.165, 1.54) is 0 Å². The fraction of sp³-hybridized carbons (Fsp3) is 0.556. The zero-order valence-electron chi connectivity index (χ0n) is 15.6. The molecule has 1 atom stereocenters. The lowest BCUT2D eigenvalue weighted by Gasteiger charge is -2.18. The van der Waals surface area contributed by atoms with Gasteiger partial charge in [0, 0.05) is 18.7 Å². The molecule has 0 saturated heterocycles. The third-order valence-electron chi connectivity index (χ3n) is 3.60. The largest absolute Gasteiger partial charge is 0.497 e. The van der Waals surface area contributed by atoms with Crippen molar-refractivity contribution in [1.29, 1.82) is 0 Å². The molecule has 0 aromatic heterocycles. The lowest BCUT2D eigenvalue weighted by Crippen LogP contribution is -2.42. The van der Waals surface area contributed by atoms with Gasteiger partial charge in [0.2, 0.25) is 5.91 Å². The Balaban J connectivity index is 0.00000338. The Labute approximate surface area is 172 Å². The first-order valence-electron chi connectivity index (χ1n) is 8.73. The summed E-state index contributed by atoms with van der Waals surface area (Å²) in [4.78, 5) is 16.0. The van der Waals surface area contributed by atoms with Crippen LogP contribution in [0.2, 0.25) is 0 Å². The van der Waals surface area contributed by atoms with E-state index in [0.717, 1.165) is 30.9 Å². The number of hydrogen-bond donors (Lipinski definition) is 3. The van der Waals surface area contributed by atoms with Gasteiger partial charge in [0.25, 0.3) is 0 Å². The molecule has 0 spiro atoms. The fourth-order valence-corrected chi connectivity index (χ4v) is 2.18. The minimum Gasteiger partial charge on any atom is -0.497 e. The van der Waals surface area contributed by atoms with E-state index >= 15 is 0 Å². The smallest absolute Gasteiger partial charge is 0.242 e. The van der Waals surface area contributed by atoms with Crippen LogP contribution < -0.4 is 25.4 Å². The number of methoxy groups -OCH3 is 1. The Bertz CT molecular complexity index is 594. The van der Waals surface area contributed by atoms with Crippen molar-refractivity contribution < 1.29 is 14.3 Å². The van der Waals surface area contributed by atoms with Gasteiger partial charge in [-0.15, -0.1) is 24.0 Å². The van der Waals surface area contributed by atoms with E-state index in [1.807, 2.05) is 38.1 Å². The average molecular weight is 476 g/mol. The van der Waals surface area contributed by atoms with Crippen LogP contribution >= 0.6 is 24.0 Å².